The summed E-state index contributed by atoms with van der Waals surface area (Å²) in [5, 5.41) is 0. The van der Waals surface area contributed by atoms with E-state index in [0.29, 0.717) is 17.0 Å². The van der Waals surface area contributed by atoms with E-state index in [1.165, 1.54) is 9.30 Å². The first-order chi connectivity index (χ1) is 13.4. The Labute approximate surface area is 144 Å². The fourth-order valence-corrected chi connectivity index (χ4v) is 2.32. The van der Waals surface area contributed by atoms with Gasteiger partial charge in [0.2, 0.25) is 5.91 Å². The Morgan fingerprint density at radius 1 is 1.26 bits per heavy atom. The van der Waals surface area contributed by atoms with Gasteiger partial charge in [0.25, 0.3) is 0 Å². The van der Waals surface area contributed by atoms with Crippen molar-refractivity contribution in [3.63, 3.8) is 0 Å². The van der Waals surface area contributed by atoms with Crippen molar-refractivity contribution < 1.29 is 13.0 Å². The molecule has 0 spiro atoms. The number of carbonyl (C=O) groups excluding carboxylic acids is 1. The summed E-state index contributed by atoms with van der Waals surface area (Å²) in [6.45, 7) is -0.808. The molecule has 118 valence electrons. The van der Waals surface area contributed by atoms with Crippen molar-refractivity contribution in [2.75, 3.05) is 14.1 Å². The molecule has 3 aromatic rings. The normalized spacial score (nSPS) is 15.3. The monoisotopic (exact) mass is 313 g/mol. The minimum Gasteiger partial charge on any atom is -0.348 e. The van der Waals surface area contributed by atoms with Gasteiger partial charge in [-0.25, -0.2) is 4.98 Å². The molecular weight excluding hydrogens is 286 g/mol. The molecule has 0 saturated carbocycles. The number of fused-ring (bicyclic) bond motifs is 1. The fraction of sp³-hybridized carbons (Fsp3) is 0.263. The third-order valence-corrected chi connectivity index (χ3v) is 3.64. The first kappa shape index (κ1) is 9.50. The lowest BCUT2D eigenvalue weighted by molar-refractivity contribution is -0.128. The van der Waals surface area contributed by atoms with Crippen molar-refractivity contribution in [2.45, 2.75) is 20.2 Å². The molecule has 1 aromatic carbocycles. The molecular formula is C19H21N3O. The Bertz CT molecular complexity index is 1100. The van der Waals surface area contributed by atoms with E-state index in [1.54, 1.807) is 14.1 Å². The van der Waals surface area contributed by atoms with Gasteiger partial charge in [-0.15, -0.1) is 0 Å². The summed E-state index contributed by atoms with van der Waals surface area (Å²) in [5.74, 6) is -0.253. The van der Waals surface area contributed by atoms with E-state index >= 15 is 0 Å². The van der Waals surface area contributed by atoms with Crippen LogP contribution in [-0.2, 0) is 11.2 Å². The van der Waals surface area contributed by atoms with Gasteiger partial charge in [0, 0.05) is 29.9 Å². The predicted molar refractivity (Wildman–Crippen MR) is 92.5 cm³/mol. The number of likely N-dealkylation sites (N-methyl/N-ethyl adjacent to an activating group) is 1. The van der Waals surface area contributed by atoms with E-state index in [4.69, 9.17) is 8.22 Å². The highest BCUT2D eigenvalue weighted by Gasteiger charge is 2.18. The van der Waals surface area contributed by atoms with Gasteiger partial charge in [-0.2, -0.15) is 0 Å². The Morgan fingerprint density at radius 3 is 2.65 bits per heavy atom. The second kappa shape index (κ2) is 5.88. The maximum Gasteiger partial charge on any atom is 0.228 e. The average Bonchev–Trinajstić information content (AvgIpc) is 2.99. The summed E-state index contributed by atoms with van der Waals surface area (Å²) in [6.07, 6.45) is -0.575. The predicted octanol–water partition coefficient (Wildman–Crippen LogP) is 3.25. The van der Waals surface area contributed by atoms with Crippen LogP contribution in [0.1, 0.15) is 25.0 Å². The van der Waals surface area contributed by atoms with Crippen LogP contribution in [0.5, 0.6) is 0 Å². The molecule has 2 heterocycles. The van der Waals surface area contributed by atoms with Crippen LogP contribution in [0.2, 0.25) is 0 Å². The quantitative estimate of drug-likeness (QED) is 0.744. The Hall–Kier alpha value is -2.62. The lowest BCUT2D eigenvalue weighted by Gasteiger charge is -2.11. The number of amides is 1. The largest absolute Gasteiger partial charge is 0.348 e. The van der Waals surface area contributed by atoms with E-state index in [2.05, 4.69) is 4.98 Å². The Kier molecular flexibility index (Phi) is 2.43. The third-order valence-electron chi connectivity index (χ3n) is 3.64. The number of nitrogens with zero attached hydrogens (tertiary/aromatic N) is 3. The molecule has 1 amide bonds. The van der Waals surface area contributed by atoms with Gasteiger partial charge in [0.1, 0.15) is 5.65 Å². The second-order valence-electron chi connectivity index (χ2n) is 5.63. The first-order valence-electron chi connectivity index (χ1n) is 10.2. The lowest BCUT2D eigenvalue weighted by atomic mass is 10.1. The number of hydrogen-bond donors (Lipinski definition) is 0. The van der Waals surface area contributed by atoms with Gasteiger partial charge in [-0.1, -0.05) is 35.9 Å². The van der Waals surface area contributed by atoms with Crippen LogP contribution >= 0.6 is 0 Å². The van der Waals surface area contributed by atoms with Gasteiger partial charge in [0.15, 0.2) is 0 Å². The number of benzene rings is 1. The van der Waals surface area contributed by atoms with Gasteiger partial charge in [0.05, 0.1) is 21.9 Å². The first-order valence-corrected chi connectivity index (χ1v) is 7.22. The summed E-state index contributed by atoms with van der Waals surface area (Å²) in [5.41, 5.74) is 1.90. The Balaban J connectivity index is 2.42. The summed E-state index contributed by atoms with van der Waals surface area (Å²) >= 11 is 0. The summed E-state index contributed by atoms with van der Waals surface area (Å²) < 4.78 is 49.2. The molecule has 4 nitrogen and oxygen atoms in total. The minimum absolute atomic E-state index is 0.00914. The second-order valence-corrected chi connectivity index (χ2v) is 5.63. The molecule has 0 aliphatic heterocycles. The van der Waals surface area contributed by atoms with Gasteiger partial charge in [-0.3, -0.25) is 4.79 Å². The molecule has 0 unspecified atom stereocenters. The summed E-state index contributed by atoms with van der Waals surface area (Å²) in [4.78, 5) is 18.3. The summed E-state index contributed by atoms with van der Waals surface area (Å²) in [7, 11) is 3.20. The van der Waals surface area contributed by atoms with E-state index in [9.17, 15) is 4.79 Å². The van der Waals surface area contributed by atoms with E-state index in [1.807, 2.05) is 31.2 Å². The zero-order chi connectivity index (χ0) is 21.7. The summed E-state index contributed by atoms with van der Waals surface area (Å²) in [6, 6.07) is 6.46. The van der Waals surface area contributed by atoms with E-state index < -0.39 is 24.6 Å². The van der Waals surface area contributed by atoms with E-state index in [-0.39, 0.29) is 24.0 Å². The standard InChI is InChI=1S/C19H21N3O/c1-13-5-8-15(9-6-13)19-16(11-18(23)21(3)4)22-12-14(2)7-10-17(22)20-19/h5-10,12H,11H2,1-4H3/i2D3,7D,10D,12D. The van der Waals surface area contributed by atoms with Gasteiger partial charge in [-0.05, 0) is 25.4 Å². The molecule has 3 rings (SSSR count). The van der Waals surface area contributed by atoms with E-state index in [0.717, 1.165) is 5.56 Å². The maximum atomic E-state index is 12.5. The van der Waals surface area contributed by atoms with Crippen LogP contribution in [-0.4, -0.2) is 34.3 Å². The average molecular weight is 313 g/mol. The molecule has 0 aliphatic carbocycles. The van der Waals surface area contributed by atoms with Crippen LogP contribution in [0, 0.1) is 13.8 Å². The third kappa shape index (κ3) is 2.97. The highest BCUT2D eigenvalue weighted by molar-refractivity contribution is 5.81. The zero-order valence-corrected chi connectivity index (χ0v) is 13.3. The van der Waals surface area contributed by atoms with Crippen LogP contribution in [0.15, 0.2) is 42.5 Å². The van der Waals surface area contributed by atoms with Crippen LogP contribution < -0.4 is 0 Å². The molecule has 0 radical (unpaired) electrons. The van der Waals surface area contributed by atoms with Crippen molar-refractivity contribution in [2.24, 2.45) is 0 Å². The minimum atomic E-state index is -2.74. The van der Waals surface area contributed by atoms with Crippen molar-refractivity contribution in [1.29, 1.82) is 0 Å². The highest BCUT2D eigenvalue weighted by Crippen LogP contribution is 2.26. The highest BCUT2D eigenvalue weighted by atomic mass is 16.2. The number of hydrogen-bond acceptors (Lipinski definition) is 2. The number of imidazole rings is 1. The van der Waals surface area contributed by atoms with Crippen molar-refractivity contribution in [3.05, 3.63) is 59.3 Å². The van der Waals surface area contributed by atoms with Crippen molar-refractivity contribution in [3.8, 4) is 11.3 Å². The molecule has 0 aliphatic rings. The smallest absolute Gasteiger partial charge is 0.228 e. The number of pyridine rings is 1. The molecule has 4 heteroatoms. The topological polar surface area (TPSA) is 37.6 Å². The van der Waals surface area contributed by atoms with Crippen molar-refractivity contribution in [1.82, 2.24) is 14.3 Å². The molecule has 2 aromatic heterocycles. The van der Waals surface area contributed by atoms with Crippen LogP contribution in [0.4, 0.5) is 0 Å². The number of carbonyl (C=O) groups is 1. The number of rotatable bonds is 3. The maximum absolute atomic E-state index is 12.5. The number of aryl methyl sites for hydroxylation is 1. The zero-order valence-electron chi connectivity index (χ0n) is 19.3. The fourth-order valence-electron chi connectivity index (χ4n) is 2.32. The number of aromatic nitrogens is 2. The molecule has 0 atom stereocenters. The van der Waals surface area contributed by atoms with Crippen molar-refractivity contribution >= 4 is 11.6 Å². The Morgan fingerprint density at radius 2 is 2.00 bits per heavy atom. The van der Waals surface area contributed by atoms with Crippen LogP contribution in [0.3, 0.4) is 0 Å². The lowest BCUT2D eigenvalue weighted by Crippen LogP contribution is -2.24. The molecule has 0 bridgehead atoms. The SMILES string of the molecule is [2H]c1c(C([2H])([2H])[2H])c([2H])n2c(CC(=O)N(C)C)c(-c3ccc(C)cc3)nc2c1[2H]. The van der Waals surface area contributed by atoms with Crippen LogP contribution in [0.25, 0.3) is 16.9 Å². The molecule has 0 fully saturated rings. The molecule has 0 saturated heterocycles. The van der Waals surface area contributed by atoms with Gasteiger partial charge < -0.3 is 9.30 Å². The molecule has 0 N–H and O–H groups in total. The van der Waals surface area contributed by atoms with Gasteiger partial charge >= 0.3 is 0 Å². The molecule has 23 heavy (non-hydrogen) atoms.